The highest BCUT2D eigenvalue weighted by molar-refractivity contribution is 5.37. The van der Waals surface area contributed by atoms with Gasteiger partial charge >= 0.3 is 6.18 Å². The van der Waals surface area contributed by atoms with Gasteiger partial charge in [0.15, 0.2) is 5.82 Å². The fourth-order valence-corrected chi connectivity index (χ4v) is 1.67. The summed E-state index contributed by atoms with van der Waals surface area (Å²) in [7, 11) is 0. The number of rotatable bonds is 4. The summed E-state index contributed by atoms with van der Waals surface area (Å²) in [5, 5.41) is 13.9. The Morgan fingerprint density at radius 1 is 1.29 bits per heavy atom. The summed E-state index contributed by atoms with van der Waals surface area (Å²) in [6.45, 7) is 4.10. The zero-order valence-electron chi connectivity index (χ0n) is 11.3. The first kappa shape index (κ1) is 15.4. The van der Waals surface area contributed by atoms with Gasteiger partial charge in [-0.2, -0.15) is 17.9 Å². The Bertz CT molecular complexity index is 620. The molecule has 1 aromatic heterocycles. The minimum absolute atomic E-state index is 0.0503. The highest BCUT2D eigenvalue weighted by Crippen LogP contribution is 2.32. The normalized spacial score (nSPS) is 12.1. The first-order valence-corrected chi connectivity index (χ1v) is 6.17. The second kappa shape index (κ2) is 5.76. The number of benzene rings is 1. The summed E-state index contributed by atoms with van der Waals surface area (Å²) in [6.07, 6.45) is -4.77. The molecule has 0 atom stereocenters. The second-order valence-electron chi connectivity index (χ2n) is 4.70. The van der Waals surface area contributed by atoms with E-state index in [9.17, 15) is 17.6 Å². The van der Waals surface area contributed by atoms with Crippen molar-refractivity contribution in [2.75, 3.05) is 0 Å². The predicted octanol–water partition coefficient (Wildman–Crippen LogP) is 2.32. The predicted molar refractivity (Wildman–Crippen MR) is 66.1 cm³/mol. The fraction of sp³-hybridized carbons (Fsp3) is 0.417. The molecule has 21 heavy (non-hydrogen) atoms. The van der Waals surface area contributed by atoms with Gasteiger partial charge in [-0.3, -0.25) is 0 Å². The number of hydrogen-bond donors (Lipinski definition) is 1. The largest absolute Gasteiger partial charge is 0.419 e. The fourth-order valence-electron chi connectivity index (χ4n) is 1.67. The molecule has 0 unspecified atom stereocenters. The van der Waals surface area contributed by atoms with Gasteiger partial charge in [-0.25, -0.2) is 4.39 Å². The summed E-state index contributed by atoms with van der Waals surface area (Å²) < 4.78 is 52.5. The molecule has 0 aliphatic carbocycles. The van der Waals surface area contributed by atoms with Crippen LogP contribution in [0.1, 0.15) is 25.2 Å². The maximum absolute atomic E-state index is 13.3. The van der Waals surface area contributed by atoms with Crippen molar-refractivity contribution < 1.29 is 17.6 Å². The minimum Gasteiger partial charge on any atom is -0.308 e. The van der Waals surface area contributed by atoms with Crippen LogP contribution in [0, 0.1) is 5.82 Å². The van der Waals surface area contributed by atoms with Gasteiger partial charge in [-0.05, 0) is 28.6 Å². The Kier molecular flexibility index (Phi) is 4.21. The molecule has 0 spiro atoms. The van der Waals surface area contributed by atoms with Gasteiger partial charge in [0.2, 0.25) is 0 Å². The summed E-state index contributed by atoms with van der Waals surface area (Å²) in [5.74, 6) is -0.996. The number of halogens is 4. The van der Waals surface area contributed by atoms with Crippen LogP contribution in [0.2, 0.25) is 0 Å². The van der Waals surface area contributed by atoms with Gasteiger partial charge in [0.25, 0.3) is 0 Å². The molecule has 1 aromatic carbocycles. The lowest BCUT2D eigenvalue weighted by Crippen LogP contribution is -2.24. The molecule has 9 heteroatoms. The number of aromatic nitrogens is 4. The third kappa shape index (κ3) is 3.54. The molecular formula is C12H13F4N5. The molecule has 2 rings (SSSR count). The van der Waals surface area contributed by atoms with Crippen LogP contribution >= 0.6 is 0 Å². The van der Waals surface area contributed by atoms with Crippen molar-refractivity contribution in [3.8, 4) is 5.69 Å². The van der Waals surface area contributed by atoms with Gasteiger partial charge in [0.05, 0.1) is 17.8 Å². The lowest BCUT2D eigenvalue weighted by Gasteiger charge is -2.11. The second-order valence-corrected chi connectivity index (χ2v) is 4.70. The van der Waals surface area contributed by atoms with Gasteiger partial charge in [0, 0.05) is 6.04 Å². The van der Waals surface area contributed by atoms with E-state index in [0.717, 1.165) is 10.7 Å². The first-order chi connectivity index (χ1) is 9.79. The molecule has 1 heterocycles. The van der Waals surface area contributed by atoms with Crippen LogP contribution in [-0.4, -0.2) is 26.2 Å². The highest BCUT2D eigenvalue weighted by atomic mass is 19.4. The van der Waals surface area contributed by atoms with E-state index < -0.39 is 17.6 Å². The third-order valence-electron chi connectivity index (χ3n) is 2.70. The van der Waals surface area contributed by atoms with Crippen molar-refractivity contribution in [2.24, 2.45) is 0 Å². The van der Waals surface area contributed by atoms with Crippen LogP contribution in [0.25, 0.3) is 5.69 Å². The number of hydrogen-bond acceptors (Lipinski definition) is 4. The van der Waals surface area contributed by atoms with Crippen molar-refractivity contribution in [2.45, 2.75) is 32.6 Å². The van der Waals surface area contributed by atoms with Gasteiger partial charge < -0.3 is 5.32 Å². The summed E-state index contributed by atoms with van der Waals surface area (Å²) in [4.78, 5) is 0. The first-order valence-electron chi connectivity index (χ1n) is 6.17. The van der Waals surface area contributed by atoms with Crippen LogP contribution in [0.4, 0.5) is 17.6 Å². The molecule has 0 aliphatic rings. The molecule has 1 N–H and O–H groups in total. The van der Waals surface area contributed by atoms with Crippen LogP contribution in [0.3, 0.4) is 0 Å². The van der Waals surface area contributed by atoms with Crippen molar-refractivity contribution in [1.82, 2.24) is 25.5 Å². The number of nitrogens with zero attached hydrogens (tertiary/aromatic N) is 4. The zero-order chi connectivity index (χ0) is 15.6. The van der Waals surface area contributed by atoms with E-state index in [2.05, 4.69) is 20.8 Å². The van der Waals surface area contributed by atoms with Crippen molar-refractivity contribution in [1.29, 1.82) is 0 Å². The van der Waals surface area contributed by atoms with Gasteiger partial charge in [-0.15, -0.1) is 5.10 Å². The smallest absolute Gasteiger partial charge is 0.308 e. The summed E-state index contributed by atoms with van der Waals surface area (Å²) in [6, 6.07) is 2.79. The summed E-state index contributed by atoms with van der Waals surface area (Å²) in [5.41, 5.74) is -1.30. The van der Waals surface area contributed by atoms with E-state index in [0.29, 0.717) is 11.9 Å². The average molecular weight is 303 g/mol. The van der Waals surface area contributed by atoms with E-state index in [1.807, 2.05) is 13.8 Å². The van der Waals surface area contributed by atoms with Crippen LogP contribution in [0.5, 0.6) is 0 Å². The Morgan fingerprint density at radius 2 is 2.00 bits per heavy atom. The molecule has 0 radical (unpaired) electrons. The lowest BCUT2D eigenvalue weighted by atomic mass is 10.2. The lowest BCUT2D eigenvalue weighted by molar-refractivity contribution is -0.140. The standard InChI is InChI=1S/C12H13F4N5/c1-7(2)17-6-11-18-19-20-21(11)8-3-4-10(13)9(5-8)12(14,15)16/h3-5,7,17H,6H2,1-2H3. The van der Waals surface area contributed by atoms with Crippen LogP contribution in [-0.2, 0) is 12.7 Å². The topological polar surface area (TPSA) is 55.6 Å². The Balaban J connectivity index is 2.37. The average Bonchev–Trinajstić information content (AvgIpc) is 2.84. The van der Waals surface area contributed by atoms with Crippen molar-refractivity contribution in [3.05, 3.63) is 35.4 Å². The van der Waals surface area contributed by atoms with E-state index in [1.54, 1.807) is 0 Å². The van der Waals surface area contributed by atoms with Crippen molar-refractivity contribution in [3.63, 3.8) is 0 Å². The number of nitrogens with one attached hydrogen (secondary N) is 1. The maximum atomic E-state index is 13.3. The monoisotopic (exact) mass is 303 g/mol. The zero-order valence-corrected chi connectivity index (χ0v) is 11.3. The quantitative estimate of drug-likeness (QED) is 0.881. The van der Waals surface area contributed by atoms with E-state index in [-0.39, 0.29) is 18.3 Å². The van der Waals surface area contributed by atoms with E-state index in [4.69, 9.17) is 0 Å². The molecule has 0 saturated carbocycles. The molecule has 5 nitrogen and oxygen atoms in total. The molecule has 2 aromatic rings. The van der Waals surface area contributed by atoms with Gasteiger partial charge in [0.1, 0.15) is 5.82 Å². The summed E-state index contributed by atoms with van der Waals surface area (Å²) >= 11 is 0. The van der Waals surface area contributed by atoms with Gasteiger partial charge in [-0.1, -0.05) is 13.8 Å². The van der Waals surface area contributed by atoms with Crippen LogP contribution < -0.4 is 5.32 Å². The molecule has 0 fully saturated rings. The molecule has 0 aliphatic heterocycles. The molecule has 0 amide bonds. The Hall–Kier alpha value is -2.03. The van der Waals surface area contributed by atoms with E-state index >= 15 is 0 Å². The van der Waals surface area contributed by atoms with Crippen molar-refractivity contribution >= 4 is 0 Å². The molecular weight excluding hydrogens is 290 g/mol. The molecule has 0 saturated heterocycles. The highest BCUT2D eigenvalue weighted by Gasteiger charge is 2.34. The molecule has 0 bridgehead atoms. The number of alkyl halides is 3. The third-order valence-corrected chi connectivity index (χ3v) is 2.70. The minimum atomic E-state index is -4.77. The SMILES string of the molecule is CC(C)NCc1nnnn1-c1ccc(F)c(C(F)(F)F)c1. The number of tetrazole rings is 1. The molecule has 114 valence electrons. The van der Waals surface area contributed by atoms with E-state index in [1.165, 1.54) is 6.07 Å². The van der Waals surface area contributed by atoms with Crippen LogP contribution in [0.15, 0.2) is 18.2 Å². The Labute approximate surface area is 118 Å². The maximum Gasteiger partial charge on any atom is 0.419 e. The Morgan fingerprint density at radius 3 is 2.62 bits per heavy atom.